The molecule has 0 saturated carbocycles. The number of piperidine rings is 1. The molecule has 132 valence electrons. The van der Waals surface area contributed by atoms with Gasteiger partial charge in [0.1, 0.15) is 0 Å². The Morgan fingerprint density at radius 2 is 2.04 bits per heavy atom. The van der Waals surface area contributed by atoms with E-state index in [9.17, 15) is 14.7 Å². The first-order chi connectivity index (χ1) is 11.4. The maximum atomic E-state index is 12.7. The van der Waals surface area contributed by atoms with Gasteiger partial charge in [-0.25, -0.2) is 0 Å². The maximum absolute atomic E-state index is 12.7. The fourth-order valence-electron chi connectivity index (χ4n) is 3.04. The van der Waals surface area contributed by atoms with E-state index in [0.717, 1.165) is 5.56 Å². The fraction of sp³-hybridized carbons (Fsp3) is 0.556. The molecule has 2 amide bonds. The first kappa shape index (κ1) is 18.7. The van der Waals surface area contributed by atoms with E-state index < -0.39 is 0 Å². The van der Waals surface area contributed by atoms with Gasteiger partial charge in [0.2, 0.25) is 11.8 Å². The van der Waals surface area contributed by atoms with Gasteiger partial charge in [-0.1, -0.05) is 23.7 Å². The monoisotopic (exact) mass is 352 g/mol. The van der Waals surface area contributed by atoms with Gasteiger partial charge in [0.15, 0.2) is 0 Å². The van der Waals surface area contributed by atoms with E-state index in [0.29, 0.717) is 37.5 Å². The van der Waals surface area contributed by atoms with Crippen molar-refractivity contribution < 1.29 is 14.7 Å². The number of amides is 2. The lowest BCUT2D eigenvalue weighted by Gasteiger charge is -2.36. The second-order valence-electron chi connectivity index (χ2n) is 6.49. The van der Waals surface area contributed by atoms with Gasteiger partial charge in [-0.3, -0.25) is 9.59 Å². The number of nitrogens with zero attached hydrogens (tertiary/aromatic N) is 2. The molecule has 1 saturated heterocycles. The molecular weight excluding hydrogens is 328 g/mol. The van der Waals surface area contributed by atoms with Crippen LogP contribution in [-0.2, 0) is 16.1 Å². The summed E-state index contributed by atoms with van der Waals surface area (Å²) in [4.78, 5) is 28.4. The van der Waals surface area contributed by atoms with Gasteiger partial charge in [-0.15, -0.1) is 0 Å². The topological polar surface area (TPSA) is 60.9 Å². The van der Waals surface area contributed by atoms with Crippen molar-refractivity contribution in [1.29, 1.82) is 0 Å². The Labute approximate surface area is 148 Å². The average Bonchev–Trinajstić information content (AvgIpc) is 2.55. The number of benzene rings is 1. The molecule has 0 aliphatic carbocycles. The van der Waals surface area contributed by atoms with Gasteiger partial charge < -0.3 is 14.9 Å². The summed E-state index contributed by atoms with van der Waals surface area (Å²) >= 11 is 5.89. The molecule has 1 aliphatic rings. The first-order valence-corrected chi connectivity index (χ1v) is 8.73. The zero-order valence-electron chi connectivity index (χ0n) is 14.2. The molecule has 1 unspecified atom stereocenters. The minimum Gasteiger partial charge on any atom is -0.395 e. The van der Waals surface area contributed by atoms with Gasteiger partial charge in [0, 0.05) is 37.1 Å². The molecule has 24 heavy (non-hydrogen) atoms. The van der Waals surface area contributed by atoms with E-state index in [4.69, 9.17) is 11.6 Å². The number of rotatable bonds is 6. The van der Waals surface area contributed by atoms with Gasteiger partial charge >= 0.3 is 0 Å². The zero-order chi connectivity index (χ0) is 17.7. The van der Waals surface area contributed by atoms with E-state index >= 15 is 0 Å². The second kappa shape index (κ2) is 8.49. The van der Waals surface area contributed by atoms with Crippen LogP contribution in [0.25, 0.3) is 0 Å². The molecule has 5 nitrogen and oxygen atoms in total. The summed E-state index contributed by atoms with van der Waals surface area (Å²) in [6.07, 6.45) is 0.957. The summed E-state index contributed by atoms with van der Waals surface area (Å²) in [7, 11) is 0. The largest absolute Gasteiger partial charge is 0.395 e. The Bertz CT molecular complexity index is 574. The second-order valence-corrected chi connectivity index (χ2v) is 6.92. The molecule has 2 rings (SSSR count). The van der Waals surface area contributed by atoms with Crippen LogP contribution in [0.3, 0.4) is 0 Å². The van der Waals surface area contributed by atoms with E-state index in [1.165, 1.54) is 0 Å². The van der Waals surface area contributed by atoms with E-state index in [1.807, 2.05) is 26.0 Å². The van der Waals surface area contributed by atoms with Crippen LogP contribution in [0.15, 0.2) is 24.3 Å². The minimum absolute atomic E-state index is 0.0210. The summed E-state index contributed by atoms with van der Waals surface area (Å²) in [6.45, 7) is 5.07. The SMILES string of the molecule is CC(C)N(CCO)C(=O)C1CCC(=O)N(Cc2ccc(Cl)cc2)C1. The van der Waals surface area contributed by atoms with Crippen LogP contribution in [0.2, 0.25) is 5.02 Å². The van der Waals surface area contributed by atoms with Crippen LogP contribution < -0.4 is 0 Å². The standard InChI is InChI=1S/C18H25ClN2O3/c1-13(2)21(9-10-22)18(24)15-5-8-17(23)20(12-15)11-14-3-6-16(19)7-4-14/h3-4,6-7,13,15,22H,5,8-12H2,1-2H3. The molecule has 1 fully saturated rings. The lowest BCUT2D eigenvalue weighted by atomic mass is 9.95. The fourth-order valence-corrected chi connectivity index (χ4v) is 3.17. The van der Waals surface area contributed by atoms with Gasteiger partial charge in [-0.2, -0.15) is 0 Å². The van der Waals surface area contributed by atoms with Gasteiger partial charge in [0.25, 0.3) is 0 Å². The maximum Gasteiger partial charge on any atom is 0.227 e. The average molecular weight is 353 g/mol. The van der Waals surface area contributed by atoms with Crippen molar-refractivity contribution in [2.45, 2.75) is 39.3 Å². The summed E-state index contributed by atoms with van der Waals surface area (Å²) in [5.74, 6) is -0.108. The van der Waals surface area contributed by atoms with Crippen LogP contribution in [-0.4, -0.2) is 52.5 Å². The lowest BCUT2D eigenvalue weighted by Crippen LogP contribution is -2.49. The molecular formula is C18H25ClN2O3. The molecule has 1 aromatic rings. The Morgan fingerprint density at radius 3 is 2.62 bits per heavy atom. The van der Waals surface area contributed by atoms with E-state index in [2.05, 4.69) is 0 Å². The number of aliphatic hydroxyl groups excluding tert-OH is 1. The van der Waals surface area contributed by atoms with Gasteiger partial charge in [-0.05, 0) is 38.0 Å². The number of halogens is 1. The molecule has 0 aromatic heterocycles. The smallest absolute Gasteiger partial charge is 0.227 e. The molecule has 1 atom stereocenters. The first-order valence-electron chi connectivity index (χ1n) is 8.36. The summed E-state index contributed by atoms with van der Waals surface area (Å²) in [5, 5.41) is 9.84. The van der Waals surface area contributed by atoms with Crippen LogP contribution in [0.4, 0.5) is 0 Å². The van der Waals surface area contributed by atoms with Crippen LogP contribution in [0.1, 0.15) is 32.3 Å². The summed E-state index contributed by atoms with van der Waals surface area (Å²) in [5.41, 5.74) is 0.997. The molecule has 1 aliphatic heterocycles. The Morgan fingerprint density at radius 1 is 1.38 bits per heavy atom. The molecule has 6 heteroatoms. The van der Waals surface area contributed by atoms with Crippen LogP contribution in [0.5, 0.6) is 0 Å². The summed E-state index contributed by atoms with van der Waals surface area (Å²) in [6, 6.07) is 7.43. The normalized spacial score (nSPS) is 18.1. The highest BCUT2D eigenvalue weighted by atomic mass is 35.5. The molecule has 0 radical (unpaired) electrons. The van der Waals surface area contributed by atoms with Crippen molar-refractivity contribution in [1.82, 2.24) is 9.80 Å². The number of aliphatic hydroxyl groups is 1. The highest BCUT2D eigenvalue weighted by Crippen LogP contribution is 2.23. The quantitative estimate of drug-likeness (QED) is 0.854. The molecule has 1 aromatic carbocycles. The molecule has 0 bridgehead atoms. The Kier molecular flexibility index (Phi) is 6.63. The number of carbonyl (C=O) groups is 2. The Balaban J connectivity index is 2.05. The highest BCUT2D eigenvalue weighted by Gasteiger charge is 2.33. The third kappa shape index (κ3) is 4.71. The number of carbonyl (C=O) groups excluding carboxylic acids is 2. The van der Waals surface area contributed by atoms with Crippen molar-refractivity contribution in [3.8, 4) is 0 Å². The van der Waals surface area contributed by atoms with Gasteiger partial charge in [0.05, 0.1) is 12.5 Å². The van der Waals surface area contributed by atoms with Crippen molar-refractivity contribution in [2.24, 2.45) is 5.92 Å². The minimum atomic E-state index is -0.205. The Hall–Kier alpha value is -1.59. The van der Waals surface area contributed by atoms with Crippen molar-refractivity contribution in [3.05, 3.63) is 34.9 Å². The van der Waals surface area contributed by atoms with Crippen molar-refractivity contribution >= 4 is 23.4 Å². The lowest BCUT2D eigenvalue weighted by molar-refractivity contribution is -0.145. The zero-order valence-corrected chi connectivity index (χ0v) is 15.0. The predicted octanol–water partition coefficient (Wildman–Crippen LogP) is 2.31. The molecule has 1 N–H and O–H groups in total. The predicted molar refractivity (Wildman–Crippen MR) is 93.5 cm³/mol. The van der Waals surface area contributed by atoms with Crippen molar-refractivity contribution in [3.63, 3.8) is 0 Å². The summed E-state index contributed by atoms with van der Waals surface area (Å²) < 4.78 is 0. The number of hydrogen-bond donors (Lipinski definition) is 1. The highest BCUT2D eigenvalue weighted by molar-refractivity contribution is 6.30. The van der Waals surface area contributed by atoms with Crippen LogP contribution >= 0.6 is 11.6 Å². The van der Waals surface area contributed by atoms with Crippen LogP contribution in [0, 0.1) is 5.92 Å². The van der Waals surface area contributed by atoms with E-state index in [1.54, 1.807) is 21.9 Å². The third-order valence-corrected chi connectivity index (χ3v) is 4.64. The third-order valence-electron chi connectivity index (χ3n) is 4.38. The number of hydrogen-bond acceptors (Lipinski definition) is 3. The number of likely N-dealkylation sites (tertiary alicyclic amines) is 1. The molecule has 1 heterocycles. The van der Waals surface area contributed by atoms with E-state index in [-0.39, 0.29) is 30.4 Å². The molecule has 0 spiro atoms. The van der Waals surface area contributed by atoms with Crippen molar-refractivity contribution in [2.75, 3.05) is 19.7 Å².